The lowest BCUT2D eigenvalue weighted by atomic mass is 9.84. The maximum Gasteiger partial charge on any atom is 0.279 e. The van der Waals surface area contributed by atoms with E-state index in [1.807, 2.05) is 0 Å². The molecule has 0 atom stereocenters. The Morgan fingerprint density at radius 1 is 1.11 bits per heavy atom. The Kier molecular flexibility index (Phi) is 4.36. The first kappa shape index (κ1) is 17.4. The number of nitrogens with one attached hydrogen (secondary N) is 1. The first-order valence-electron chi connectivity index (χ1n) is 10.3. The third-order valence-corrected chi connectivity index (χ3v) is 6.69. The van der Waals surface area contributed by atoms with Crippen LogP contribution in [0.5, 0.6) is 5.75 Å². The molecule has 4 aliphatic rings. The van der Waals surface area contributed by atoms with Crippen molar-refractivity contribution in [3.8, 4) is 5.75 Å². The van der Waals surface area contributed by atoms with Crippen molar-refractivity contribution in [2.45, 2.75) is 69.8 Å². The van der Waals surface area contributed by atoms with Gasteiger partial charge in [-0.05, 0) is 80.8 Å². The molecule has 5 nitrogen and oxygen atoms in total. The van der Waals surface area contributed by atoms with Gasteiger partial charge in [-0.25, -0.2) is 9.87 Å². The van der Waals surface area contributed by atoms with Crippen LogP contribution in [0.4, 0.5) is 4.39 Å². The zero-order chi connectivity index (χ0) is 18.4. The largest absolute Gasteiger partial charge is 0.490 e. The van der Waals surface area contributed by atoms with E-state index in [1.54, 1.807) is 11.1 Å². The normalized spacial score (nSPS) is 24.5. The molecule has 4 fully saturated rings. The van der Waals surface area contributed by atoms with Gasteiger partial charge in [0.15, 0.2) is 0 Å². The van der Waals surface area contributed by atoms with Crippen LogP contribution in [0.25, 0.3) is 0 Å². The number of ether oxygens (including phenoxy) is 1. The van der Waals surface area contributed by atoms with Gasteiger partial charge in [-0.1, -0.05) is 0 Å². The van der Waals surface area contributed by atoms with Gasteiger partial charge in [-0.2, -0.15) is 10.0 Å². The first-order chi connectivity index (χ1) is 13.1. The van der Waals surface area contributed by atoms with E-state index in [1.165, 1.54) is 31.7 Å². The predicted molar refractivity (Wildman–Crippen MR) is 97.7 cm³/mol. The summed E-state index contributed by atoms with van der Waals surface area (Å²) < 4.78 is 20.9. The fourth-order valence-corrected chi connectivity index (χ4v) is 4.28. The van der Waals surface area contributed by atoms with Crippen molar-refractivity contribution in [2.24, 2.45) is 5.41 Å². The van der Waals surface area contributed by atoms with E-state index < -0.39 is 11.7 Å². The molecule has 0 aromatic heterocycles. The lowest BCUT2D eigenvalue weighted by Gasteiger charge is -2.30. The summed E-state index contributed by atoms with van der Waals surface area (Å²) >= 11 is 0. The van der Waals surface area contributed by atoms with E-state index in [0.29, 0.717) is 17.1 Å². The fourth-order valence-electron chi connectivity index (χ4n) is 4.28. The number of carbonyl (C=O) groups is 1. The molecule has 1 saturated heterocycles. The van der Waals surface area contributed by atoms with Gasteiger partial charge < -0.3 is 4.74 Å². The van der Waals surface area contributed by atoms with Crippen LogP contribution in [-0.4, -0.2) is 30.2 Å². The van der Waals surface area contributed by atoms with E-state index in [9.17, 15) is 9.18 Å². The summed E-state index contributed by atoms with van der Waals surface area (Å²) in [6.07, 6.45) is 10.7. The standard InChI is InChI=1S/C21H27FN2O3/c22-18-13-19(26-15-4-6-21(7-5-15)8-9-21)16(14-2-3-14)12-17(18)20(25)23-27-24-10-1-11-24/h12-15H,1-11H2,(H,23,25). The second-order valence-electron chi connectivity index (χ2n) is 8.77. The van der Waals surface area contributed by atoms with Crippen LogP contribution in [0.2, 0.25) is 0 Å². The Morgan fingerprint density at radius 3 is 2.44 bits per heavy atom. The Hall–Kier alpha value is -1.66. The van der Waals surface area contributed by atoms with Crippen molar-refractivity contribution >= 4 is 5.91 Å². The molecule has 0 radical (unpaired) electrons. The summed E-state index contributed by atoms with van der Waals surface area (Å²) in [5.41, 5.74) is 3.97. The molecule has 5 rings (SSSR count). The minimum Gasteiger partial charge on any atom is -0.490 e. The number of halogens is 1. The van der Waals surface area contributed by atoms with Crippen LogP contribution in [0.1, 0.15) is 79.6 Å². The van der Waals surface area contributed by atoms with Gasteiger partial charge in [0.1, 0.15) is 11.6 Å². The predicted octanol–water partition coefficient (Wildman–Crippen LogP) is 4.09. The van der Waals surface area contributed by atoms with Crippen molar-refractivity contribution < 1.29 is 18.9 Å². The maximum absolute atomic E-state index is 14.7. The molecule has 0 unspecified atom stereocenters. The SMILES string of the molecule is O=C(NON1CCC1)c1cc(C2CC2)c(OC2CCC3(CC2)CC3)cc1F. The van der Waals surface area contributed by atoms with Crippen LogP contribution >= 0.6 is 0 Å². The quantitative estimate of drug-likeness (QED) is 0.762. The fraction of sp³-hybridized carbons (Fsp3) is 0.667. The number of carbonyl (C=O) groups excluding carboxylic acids is 1. The molecule has 1 aliphatic heterocycles. The smallest absolute Gasteiger partial charge is 0.279 e. The molecule has 1 N–H and O–H groups in total. The van der Waals surface area contributed by atoms with E-state index in [4.69, 9.17) is 9.68 Å². The summed E-state index contributed by atoms with van der Waals surface area (Å²) in [4.78, 5) is 17.5. The van der Waals surface area contributed by atoms with E-state index in [2.05, 4.69) is 5.48 Å². The zero-order valence-corrected chi connectivity index (χ0v) is 15.6. The molecule has 1 aromatic rings. The first-order valence-corrected chi connectivity index (χ1v) is 10.3. The van der Waals surface area contributed by atoms with Gasteiger partial charge in [-0.15, -0.1) is 0 Å². The molecule has 27 heavy (non-hydrogen) atoms. The van der Waals surface area contributed by atoms with Crippen molar-refractivity contribution in [3.63, 3.8) is 0 Å². The summed E-state index contributed by atoms with van der Waals surface area (Å²) in [6.45, 7) is 1.57. The van der Waals surface area contributed by atoms with Crippen LogP contribution in [-0.2, 0) is 4.94 Å². The molecule has 3 aliphatic carbocycles. The molecule has 146 valence electrons. The van der Waals surface area contributed by atoms with Gasteiger partial charge in [0.05, 0.1) is 11.7 Å². The number of benzene rings is 1. The van der Waals surface area contributed by atoms with Crippen LogP contribution in [0.3, 0.4) is 0 Å². The topological polar surface area (TPSA) is 50.8 Å². The lowest BCUT2D eigenvalue weighted by molar-refractivity contribution is -0.229. The molecule has 3 saturated carbocycles. The van der Waals surface area contributed by atoms with Gasteiger partial charge in [0.2, 0.25) is 0 Å². The molecule has 6 heteroatoms. The molecular formula is C21H27FN2O3. The van der Waals surface area contributed by atoms with Crippen LogP contribution in [0, 0.1) is 11.2 Å². The highest BCUT2D eigenvalue weighted by Gasteiger charge is 2.45. The second-order valence-corrected chi connectivity index (χ2v) is 8.77. The Balaban J connectivity index is 1.29. The second kappa shape index (κ2) is 6.74. The Bertz CT molecular complexity index is 731. The minimum absolute atomic E-state index is 0.0327. The molecule has 1 amide bonds. The Morgan fingerprint density at radius 2 is 1.85 bits per heavy atom. The van der Waals surface area contributed by atoms with Gasteiger partial charge >= 0.3 is 0 Å². The summed E-state index contributed by atoms with van der Waals surface area (Å²) in [5.74, 6) is -0.0800. The van der Waals surface area contributed by atoms with Crippen LogP contribution < -0.4 is 10.2 Å². The average Bonchev–Trinajstić information content (AvgIpc) is 3.52. The highest BCUT2D eigenvalue weighted by molar-refractivity contribution is 5.94. The third kappa shape index (κ3) is 3.69. The third-order valence-electron chi connectivity index (χ3n) is 6.69. The van der Waals surface area contributed by atoms with Crippen molar-refractivity contribution in [2.75, 3.05) is 13.1 Å². The van der Waals surface area contributed by atoms with Crippen LogP contribution in [0.15, 0.2) is 12.1 Å². The number of amides is 1. The van der Waals surface area contributed by atoms with Crippen molar-refractivity contribution in [3.05, 3.63) is 29.1 Å². The number of hydrogen-bond donors (Lipinski definition) is 1. The highest BCUT2D eigenvalue weighted by atomic mass is 19.1. The van der Waals surface area contributed by atoms with E-state index in [-0.39, 0.29) is 11.7 Å². The van der Waals surface area contributed by atoms with E-state index in [0.717, 1.165) is 50.8 Å². The molecule has 1 aromatic carbocycles. The summed E-state index contributed by atoms with van der Waals surface area (Å²) in [7, 11) is 0. The van der Waals surface area contributed by atoms with Crippen molar-refractivity contribution in [1.29, 1.82) is 0 Å². The number of rotatable bonds is 6. The molecule has 1 heterocycles. The number of hydroxylamine groups is 3. The average molecular weight is 374 g/mol. The number of hydrogen-bond acceptors (Lipinski definition) is 4. The Labute approximate surface area is 159 Å². The minimum atomic E-state index is -0.548. The monoisotopic (exact) mass is 374 g/mol. The highest BCUT2D eigenvalue weighted by Crippen LogP contribution is 2.56. The summed E-state index contributed by atoms with van der Waals surface area (Å²) in [6, 6.07) is 3.08. The molecule has 1 spiro atoms. The lowest BCUT2D eigenvalue weighted by Crippen LogP contribution is -2.43. The molecular weight excluding hydrogens is 347 g/mol. The van der Waals surface area contributed by atoms with Gasteiger partial charge in [0, 0.05) is 19.2 Å². The number of nitrogens with zero attached hydrogens (tertiary/aromatic N) is 1. The zero-order valence-electron chi connectivity index (χ0n) is 15.6. The van der Waals surface area contributed by atoms with E-state index >= 15 is 0 Å². The summed E-state index contributed by atoms with van der Waals surface area (Å²) in [5, 5.41) is 1.64. The van der Waals surface area contributed by atoms with Gasteiger partial charge in [0.25, 0.3) is 5.91 Å². The van der Waals surface area contributed by atoms with Crippen molar-refractivity contribution in [1.82, 2.24) is 10.5 Å². The van der Waals surface area contributed by atoms with Gasteiger partial charge in [-0.3, -0.25) is 4.79 Å². The molecule has 0 bridgehead atoms. The maximum atomic E-state index is 14.7.